The lowest BCUT2D eigenvalue weighted by molar-refractivity contribution is -0.137. The lowest BCUT2D eigenvalue weighted by Gasteiger charge is -2.38. The van der Waals surface area contributed by atoms with E-state index in [2.05, 4.69) is 51.7 Å². The number of ether oxygens (including phenoxy) is 5. The van der Waals surface area contributed by atoms with Crippen LogP contribution in [0, 0.1) is 0 Å². The summed E-state index contributed by atoms with van der Waals surface area (Å²) in [7, 11) is -2.06. The van der Waals surface area contributed by atoms with Crippen molar-refractivity contribution in [1.29, 1.82) is 0 Å². The number of carbonyl (C=O) groups excluding carboxylic acids is 2. The number of nitrogens with zero attached hydrogens (tertiary/aromatic N) is 2. The Labute approximate surface area is 313 Å². The number of likely N-dealkylation sites (tertiary alicyclic amines) is 1. The fourth-order valence-corrected chi connectivity index (χ4v) is 6.40. The number of hydrogen-bond donors (Lipinski definition) is 0. The number of allylic oxidation sites excluding steroid dienone is 2. The quantitative estimate of drug-likeness (QED) is 0.0207. The number of oxime groups is 1. The van der Waals surface area contributed by atoms with Crippen molar-refractivity contribution in [3.63, 3.8) is 0 Å². The molecule has 0 bridgehead atoms. The fourth-order valence-electron chi connectivity index (χ4n) is 5.12. The van der Waals surface area contributed by atoms with Gasteiger partial charge in [-0.15, -0.1) is 6.58 Å². The van der Waals surface area contributed by atoms with Crippen LogP contribution < -0.4 is 9.47 Å². The van der Waals surface area contributed by atoms with Crippen LogP contribution in [0.2, 0.25) is 18.1 Å². The molecule has 0 aliphatic carbocycles. The highest BCUT2D eigenvalue weighted by Crippen LogP contribution is 2.38. The van der Waals surface area contributed by atoms with Crippen LogP contribution in [0.5, 0.6) is 11.5 Å². The van der Waals surface area contributed by atoms with E-state index in [0.717, 1.165) is 19.3 Å². The molecule has 1 amide bonds. The second kappa shape index (κ2) is 23.3. The van der Waals surface area contributed by atoms with Crippen LogP contribution >= 0.6 is 0 Å². The number of piperidine rings is 1. The molecule has 12 heteroatoms. The smallest absolute Gasteiger partial charge is 0.342 e. The molecule has 0 radical (unpaired) electrons. The van der Waals surface area contributed by atoms with E-state index in [1.165, 1.54) is 0 Å². The fraction of sp³-hybridized carbons (Fsp3) is 0.625. The van der Waals surface area contributed by atoms with Gasteiger partial charge in [-0.3, -0.25) is 4.79 Å². The number of carbonyl (C=O) groups is 2. The molecule has 2 atom stereocenters. The molecular formula is C40H64N2O9Si. The van der Waals surface area contributed by atoms with Crippen molar-refractivity contribution in [2.45, 2.75) is 117 Å². The Morgan fingerprint density at radius 2 is 1.69 bits per heavy atom. The van der Waals surface area contributed by atoms with Crippen molar-refractivity contribution < 1.29 is 42.5 Å². The zero-order valence-electron chi connectivity index (χ0n) is 33.2. The van der Waals surface area contributed by atoms with E-state index in [-0.39, 0.29) is 55.0 Å². The Morgan fingerprint density at radius 3 is 2.31 bits per heavy atom. The molecule has 1 aromatic carbocycles. The predicted molar refractivity (Wildman–Crippen MR) is 209 cm³/mol. The third-order valence-electron chi connectivity index (χ3n) is 8.97. The van der Waals surface area contributed by atoms with Crippen molar-refractivity contribution >= 4 is 25.9 Å². The molecule has 0 N–H and O–H groups in total. The maximum atomic E-state index is 13.8. The lowest BCUT2D eigenvalue weighted by atomic mass is 9.99. The summed E-state index contributed by atoms with van der Waals surface area (Å²) in [6, 6.07) is 3.36. The van der Waals surface area contributed by atoms with Gasteiger partial charge >= 0.3 is 5.97 Å². The van der Waals surface area contributed by atoms with Gasteiger partial charge in [0.1, 0.15) is 23.2 Å². The summed E-state index contributed by atoms with van der Waals surface area (Å²) in [6.07, 6.45) is 13.3. The Bertz CT molecular complexity index is 1350. The third-order valence-corrected chi connectivity index (χ3v) is 13.5. The number of esters is 1. The summed E-state index contributed by atoms with van der Waals surface area (Å²) in [5.74, 6) is -0.0338. The van der Waals surface area contributed by atoms with Crippen molar-refractivity contribution in [2.75, 3.05) is 46.5 Å². The summed E-state index contributed by atoms with van der Waals surface area (Å²) in [6.45, 7) is 24.4. The first-order valence-electron chi connectivity index (χ1n) is 18.6. The topological polar surface area (TPSA) is 114 Å². The zero-order chi connectivity index (χ0) is 38.6. The van der Waals surface area contributed by atoms with Crippen molar-refractivity contribution in [2.24, 2.45) is 5.16 Å². The van der Waals surface area contributed by atoms with Crippen LogP contribution in [0.3, 0.4) is 0 Å². The minimum absolute atomic E-state index is 0.00410. The SMILES string of the molecule is C=CC[C@@H](C)OC(=O)c1c(CC(C=CC[C@H](C=CC)O[Si](C)(C)C(C)(C)C)=NOCC(=O)N2CCCCC2)cc(OCOCC)cc1OCOCC. The Kier molecular flexibility index (Phi) is 20.0. The van der Waals surface area contributed by atoms with E-state index in [1.807, 2.05) is 43.9 Å². The van der Waals surface area contributed by atoms with Crippen molar-refractivity contribution in [1.82, 2.24) is 4.90 Å². The molecule has 11 nitrogen and oxygen atoms in total. The summed E-state index contributed by atoms with van der Waals surface area (Å²) in [5.41, 5.74) is 1.20. The molecule has 2 rings (SSSR count). The molecule has 0 unspecified atom stereocenters. The molecule has 292 valence electrons. The minimum atomic E-state index is -2.06. The van der Waals surface area contributed by atoms with Gasteiger partial charge in [-0.2, -0.15) is 0 Å². The van der Waals surface area contributed by atoms with Gasteiger partial charge in [-0.1, -0.05) is 50.2 Å². The van der Waals surface area contributed by atoms with Crippen LogP contribution in [0.15, 0.2) is 54.2 Å². The molecule has 1 aliphatic heterocycles. The van der Waals surface area contributed by atoms with Crippen LogP contribution in [-0.2, 0) is 34.7 Å². The molecule has 0 saturated carbocycles. The largest absolute Gasteiger partial charge is 0.467 e. The van der Waals surface area contributed by atoms with Gasteiger partial charge < -0.3 is 37.8 Å². The van der Waals surface area contributed by atoms with Gasteiger partial charge in [-0.05, 0) is 89.2 Å². The molecule has 1 aliphatic rings. The Hall–Kier alpha value is -3.45. The first kappa shape index (κ1) is 44.7. The van der Waals surface area contributed by atoms with Crippen LogP contribution in [-0.4, -0.2) is 89.5 Å². The Balaban J connectivity index is 2.58. The van der Waals surface area contributed by atoms with Gasteiger partial charge in [0.15, 0.2) is 28.5 Å². The predicted octanol–water partition coefficient (Wildman–Crippen LogP) is 8.39. The van der Waals surface area contributed by atoms with E-state index in [1.54, 1.807) is 25.1 Å². The second-order valence-corrected chi connectivity index (χ2v) is 19.0. The number of benzene rings is 1. The first-order valence-corrected chi connectivity index (χ1v) is 21.5. The molecule has 1 fully saturated rings. The van der Waals surface area contributed by atoms with Gasteiger partial charge in [0.05, 0.1) is 11.8 Å². The van der Waals surface area contributed by atoms with E-state index >= 15 is 0 Å². The molecule has 0 aromatic heterocycles. The monoisotopic (exact) mass is 744 g/mol. The van der Waals surface area contributed by atoms with E-state index in [9.17, 15) is 9.59 Å². The molecular weight excluding hydrogens is 681 g/mol. The molecule has 0 spiro atoms. The van der Waals surface area contributed by atoms with E-state index < -0.39 is 20.4 Å². The van der Waals surface area contributed by atoms with Gasteiger partial charge in [-0.25, -0.2) is 4.79 Å². The van der Waals surface area contributed by atoms with Gasteiger partial charge in [0.25, 0.3) is 5.91 Å². The second-order valence-electron chi connectivity index (χ2n) is 14.3. The number of rotatable bonds is 23. The summed E-state index contributed by atoms with van der Waals surface area (Å²) in [5, 5.41) is 4.49. The van der Waals surface area contributed by atoms with Crippen LogP contribution in [0.4, 0.5) is 0 Å². The summed E-state index contributed by atoms with van der Waals surface area (Å²) < 4.78 is 35.3. The van der Waals surface area contributed by atoms with Crippen molar-refractivity contribution in [3.8, 4) is 11.5 Å². The summed E-state index contributed by atoms with van der Waals surface area (Å²) in [4.78, 5) is 34.3. The zero-order valence-corrected chi connectivity index (χ0v) is 34.2. The molecule has 1 heterocycles. The van der Waals surface area contributed by atoms with Crippen molar-refractivity contribution in [3.05, 3.63) is 60.2 Å². The van der Waals surface area contributed by atoms with Crippen LogP contribution in [0.25, 0.3) is 0 Å². The van der Waals surface area contributed by atoms with Gasteiger partial charge in [0, 0.05) is 45.2 Å². The highest BCUT2D eigenvalue weighted by molar-refractivity contribution is 6.74. The number of hydrogen-bond acceptors (Lipinski definition) is 10. The highest BCUT2D eigenvalue weighted by Gasteiger charge is 2.38. The normalized spacial score (nSPS) is 15.5. The minimum Gasteiger partial charge on any atom is -0.467 e. The van der Waals surface area contributed by atoms with Crippen LogP contribution in [0.1, 0.15) is 96.5 Å². The molecule has 1 saturated heterocycles. The summed E-state index contributed by atoms with van der Waals surface area (Å²) >= 11 is 0. The van der Waals surface area contributed by atoms with E-state index in [0.29, 0.717) is 56.2 Å². The number of amides is 1. The first-order chi connectivity index (χ1) is 24.8. The molecule has 52 heavy (non-hydrogen) atoms. The van der Waals surface area contributed by atoms with Gasteiger partial charge in [0.2, 0.25) is 0 Å². The average molecular weight is 745 g/mol. The standard InChI is InChI=1S/C40H64N2O9Si/c1-11-19-31(5)50-39(44)38-32(26-35(47-29-45-13-3)27-36(38)48-30-46-14-4)25-33(41-49-28-37(43)42-23-16-15-17-24-42)21-18-22-34(20-12-2)51-52(9,10)40(6,7)8/h11-12,18,20-21,26-27,31,34H,1,13-17,19,22-25,28-30H2,2-10H3/t31-,34+/m1/s1. The highest BCUT2D eigenvalue weighted by atomic mass is 28.4. The third kappa shape index (κ3) is 15.7. The lowest BCUT2D eigenvalue weighted by Crippen LogP contribution is -2.43. The average Bonchev–Trinajstić information content (AvgIpc) is 3.08. The van der Waals surface area contributed by atoms with E-state index in [4.69, 9.17) is 32.9 Å². The maximum absolute atomic E-state index is 13.8. The molecule has 1 aromatic rings. The Morgan fingerprint density at radius 1 is 1.02 bits per heavy atom. The maximum Gasteiger partial charge on any atom is 0.342 e.